The number of likely N-dealkylation sites (tertiary alicyclic amines) is 1. The van der Waals surface area contributed by atoms with E-state index in [-0.39, 0.29) is 41.5 Å². The second-order valence-corrected chi connectivity index (χ2v) is 15.6. The zero-order valence-electron chi connectivity index (χ0n) is 27.4. The molecule has 2 aliphatic heterocycles. The van der Waals surface area contributed by atoms with Crippen LogP contribution in [-0.2, 0) is 30.8 Å². The van der Waals surface area contributed by atoms with Gasteiger partial charge in [-0.3, -0.25) is 4.90 Å². The molecule has 0 aromatic heterocycles. The second kappa shape index (κ2) is 10.6. The van der Waals surface area contributed by atoms with E-state index in [1.807, 2.05) is 13.0 Å². The van der Waals surface area contributed by atoms with Gasteiger partial charge in [0, 0.05) is 49.1 Å². The number of hydrogen-bond donors (Lipinski definition) is 1. The van der Waals surface area contributed by atoms with E-state index in [4.69, 9.17) is 28.4 Å². The van der Waals surface area contributed by atoms with Crippen LogP contribution in [0.2, 0.25) is 0 Å². The number of hydrogen-bond acceptors (Lipinski definition) is 9. The molecule has 1 aromatic carbocycles. The molecule has 0 radical (unpaired) electrons. The Kier molecular flexibility index (Phi) is 7.37. The highest BCUT2D eigenvalue weighted by molar-refractivity contribution is 5.70. The van der Waals surface area contributed by atoms with Crippen molar-refractivity contribution >= 4 is 6.16 Å². The summed E-state index contributed by atoms with van der Waals surface area (Å²) in [6, 6.07) is 4.40. The first kappa shape index (κ1) is 30.7. The van der Waals surface area contributed by atoms with Crippen LogP contribution in [0.5, 0.6) is 11.5 Å². The molecular formula is C35H51NO8. The van der Waals surface area contributed by atoms with Crippen LogP contribution >= 0.6 is 0 Å². The Morgan fingerprint density at radius 2 is 1.84 bits per heavy atom. The van der Waals surface area contributed by atoms with E-state index in [1.165, 1.54) is 24.0 Å². The molecule has 44 heavy (non-hydrogen) atoms. The minimum Gasteiger partial charge on any atom is -0.482 e. The van der Waals surface area contributed by atoms with E-state index in [2.05, 4.69) is 31.7 Å². The summed E-state index contributed by atoms with van der Waals surface area (Å²) in [7, 11) is 3.42. The molecule has 7 aliphatic rings. The lowest BCUT2D eigenvalue weighted by atomic mass is 9.33. The molecule has 1 N–H and O–H groups in total. The second-order valence-electron chi connectivity index (χ2n) is 15.6. The molecule has 9 nitrogen and oxygen atoms in total. The summed E-state index contributed by atoms with van der Waals surface area (Å²) < 4.78 is 35.4. The Balaban J connectivity index is 1.28. The maximum Gasteiger partial charge on any atom is 0.514 e. The van der Waals surface area contributed by atoms with Gasteiger partial charge in [0.1, 0.15) is 18.3 Å². The summed E-state index contributed by atoms with van der Waals surface area (Å²) in [5, 5.41) is 12.4. The van der Waals surface area contributed by atoms with E-state index in [0.717, 1.165) is 51.1 Å². The average Bonchev–Trinajstić information content (AvgIpc) is 3.73. The number of ether oxygens (including phenoxy) is 6. The van der Waals surface area contributed by atoms with Crippen molar-refractivity contribution in [1.82, 2.24) is 4.90 Å². The van der Waals surface area contributed by atoms with Crippen molar-refractivity contribution in [2.75, 3.05) is 53.7 Å². The number of piperidine rings is 1. The number of benzene rings is 1. The number of fused-ring (bicyclic) bond motifs is 2. The third-order valence-corrected chi connectivity index (χ3v) is 12.9. The highest BCUT2D eigenvalue weighted by Crippen LogP contribution is 2.78. The number of aliphatic hydroxyl groups is 1. The van der Waals surface area contributed by atoms with Gasteiger partial charge in [0.25, 0.3) is 0 Å². The van der Waals surface area contributed by atoms with Crippen molar-refractivity contribution in [1.29, 1.82) is 0 Å². The smallest absolute Gasteiger partial charge is 0.482 e. The largest absolute Gasteiger partial charge is 0.514 e. The van der Waals surface area contributed by atoms with E-state index in [0.29, 0.717) is 30.8 Å². The van der Waals surface area contributed by atoms with Gasteiger partial charge in [-0.25, -0.2) is 4.79 Å². The van der Waals surface area contributed by atoms with Crippen LogP contribution in [0.3, 0.4) is 0 Å². The molecule has 2 heterocycles. The van der Waals surface area contributed by atoms with Crippen molar-refractivity contribution in [3.63, 3.8) is 0 Å². The average molecular weight is 614 g/mol. The first-order valence-corrected chi connectivity index (χ1v) is 16.7. The molecule has 2 spiro atoms. The van der Waals surface area contributed by atoms with Crippen LogP contribution in [0.15, 0.2) is 12.1 Å². The molecule has 5 fully saturated rings. The zero-order chi connectivity index (χ0) is 31.1. The Morgan fingerprint density at radius 3 is 2.55 bits per heavy atom. The quantitative estimate of drug-likeness (QED) is 0.213. The van der Waals surface area contributed by atoms with Crippen molar-refractivity contribution in [3.05, 3.63) is 23.3 Å². The summed E-state index contributed by atoms with van der Waals surface area (Å²) in [6.45, 7) is 11.9. The van der Waals surface area contributed by atoms with E-state index in [9.17, 15) is 9.90 Å². The molecular weight excluding hydrogens is 562 g/mol. The van der Waals surface area contributed by atoms with Gasteiger partial charge in [0.15, 0.2) is 11.5 Å². The molecule has 4 bridgehead atoms. The lowest BCUT2D eigenvalue weighted by Gasteiger charge is -2.75. The minimum atomic E-state index is -0.986. The molecule has 244 valence electrons. The fourth-order valence-corrected chi connectivity index (χ4v) is 10.2. The van der Waals surface area contributed by atoms with Crippen LogP contribution in [0.4, 0.5) is 4.79 Å². The van der Waals surface area contributed by atoms with Crippen molar-refractivity contribution in [2.24, 2.45) is 22.7 Å². The third kappa shape index (κ3) is 4.18. The molecule has 8 rings (SSSR count). The normalized spacial score (nSPS) is 36.4. The van der Waals surface area contributed by atoms with Gasteiger partial charge in [-0.1, -0.05) is 26.8 Å². The predicted octanol–water partition coefficient (Wildman–Crippen LogP) is 4.89. The van der Waals surface area contributed by atoms with Gasteiger partial charge < -0.3 is 33.5 Å². The number of carbonyl (C=O) groups is 1. The fraction of sp³-hybridized carbons (Fsp3) is 0.800. The van der Waals surface area contributed by atoms with E-state index >= 15 is 0 Å². The number of methoxy groups -OCH3 is 2. The van der Waals surface area contributed by atoms with Gasteiger partial charge >= 0.3 is 6.16 Å². The maximum absolute atomic E-state index is 12.9. The Bertz CT molecular complexity index is 1290. The number of carbonyl (C=O) groups excluding carboxylic acids is 1. The van der Waals surface area contributed by atoms with Crippen molar-refractivity contribution in [3.8, 4) is 11.5 Å². The monoisotopic (exact) mass is 613 g/mol. The summed E-state index contributed by atoms with van der Waals surface area (Å²) in [5.74, 6) is 1.76. The highest BCUT2D eigenvalue weighted by Gasteiger charge is 2.82. The minimum absolute atomic E-state index is 0.0675. The van der Waals surface area contributed by atoms with Gasteiger partial charge in [0.2, 0.25) is 0 Å². The molecule has 9 heteroatoms. The SMILES string of the molecule is COCCOCCOC(=O)Oc1ccc2c3c1O[C@H]1[C@]4(OC)CC[C@@]5(C[C@@H]4[C@@](C)(O)C(C)(C)C)[C@@H](C2)N(CC2CC2)CC[C@]315. The number of nitrogens with zero attached hydrogens (tertiary/aromatic N) is 1. The van der Waals surface area contributed by atoms with Crippen LogP contribution in [0, 0.1) is 22.7 Å². The molecule has 5 aliphatic carbocycles. The van der Waals surface area contributed by atoms with Gasteiger partial charge in [-0.15, -0.1) is 0 Å². The predicted molar refractivity (Wildman–Crippen MR) is 163 cm³/mol. The number of rotatable bonds is 11. The molecule has 0 amide bonds. The Hall–Kier alpha value is -1.91. The first-order chi connectivity index (χ1) is 20.9. The molecule has 7 atom stereocenters. The zero-order valence-corrected chi connectivity index (χ0v) is 27.4. The maximum atomic E-state index is 12.9. The topological polar surface area (TPSA) is 95.9 Å². The Labute approximate surface area is 261 Å². The standard InChI is InChI=1S/C35H51NO8/c1-31(2,3)32(4,38)25-20-33-11-12-35(25,40-6)29-34(33)13-14-36(21-22-7-8-22)26(33)19-23-9-10-24(28(44-29)27(23)34)43-30(37)42-18-17-41-16-15-39-5/h9-10,22,25-26,29,38H,7-8,11-21H2,1-6H3/t25-,26-,29-,32-,33-,34+,35+/m1/s1. The third-order valence-electron chi connectivity index (χ3n) is 12.9. The van der Waals surface area contributed by atoms with Gasteiger partial charge in [-0.05, 0) is 81.4 Å². The molecule has 0 unspecified atom stereocenters. The molecule has 1 saturated heterocycles. The van der Waals surface area contributed by atoms with Crippen LogP contribution in [0.1, 0.15) is 77.3 Å². The van der Waals surface area contributed by atoms with Gasteiger partial charge in [-0.2, -0.15) is 0 Å². The fourth-order valence-electron chi connectivity index (χ4n) is 10.2. The highest BCUT2D eigenvalue weighted by atomic mass is 16.7. The molecule has 4 saturated carbocycles. The first-order valence-electron chi connectivity index (χ1n) is 16.7. The lowest BCUT2D eigenvalue weighted by Crippen LogP contribution is -2.83. The van der Waals surface area contributed by atoms with Crippen molar-refractivity contribution < 1.29 is 38.3 Å². The van der Waals surface area contributed by atoms with Crippen LogP contribution in [-0.4, -0.2) is 93.2 Å². The van der Waals surface area contributed by atoms with Crippen LogP contribution < -0.4 is 9.47 Å². The summed E-state index contributed by atoms with van der Waals surface area (Å²) in [6.07, 6.45) is 6.30. The molecule has 1 aromatic rings. The van der Waals surface area contributed by atoms with E-state index in [1.54, 1.807) is 14.2 Å². The Morgan fingerprint density at radius 1 is 1.07 bits per heavy atom. The van der Waals surface area contributed by atoms with Crippen molar-refractivity contribution in [2.45, 2.75) is 101 Å². The summed E-state index contributed by atoms with van der Waals surface area (Å²) in [5.41, 5.74) is 0.161. The lowest BCUT2D eigenvalue weighted by molar-refractivity contribution is -0.312. The van der Waals surface area contributed by atoms with Crippen LogP contribution in [0.25, 0.3) is 0 Å². The summed E-state index contributed by atoms with van der Waals surface area (Å²) in [4.78, 5) is 15.6. The van der Waals surface area contributed by atoms with Gasteiger partial charge in [0.05, 0.1) is 25.4 Å². The van der Waals surface area contributed by atoms with E-state index < -0.39 is 17.4 Å². The summed E-state index contributed by atoms with van der Waals surface area (Å²) >= 11 is 0.